The van der Waals surface area contributed by atoms with Gasteiger partial charge in [0.15, 0.2) is 17.1 Å². The number of nitro groups is 1. The van der Waals surface area contributed by atoms with Gasteiger partial charge in [0, 0.05) is 29.3 Å². The van der Waals surface area contributed by atoms with E-state index in [4.69, 9.17) is 0 Å². The number of aliphatic carboxylic acids is 1. The molecule has 0 bridgehead atoms. The standard InChI is InChI=1S/C19H14F2N2O5.Na/c20-15-3-1-2-11(19(15)21)4-5-12-9-17(24)14-7-6-13(23(27)28)8-16(14)22(12)10-18(25)26;/h1-3,6-9H,4-5,10H2,(H,25,26);/q;+1/p-1. The predicted octanol–water partition coefficient (Wildman–Crippen LogP) is -1.27. The molecule has 0 saturated carbocycles. The average molecular weight is 410 g/mol. The van der Waals surface area contributed by atoms with Gasteiger partial charge in [-0.15, -0.1) is 0 Å². The zero-order chi connectivity index (χ0) is 20.4. The summed E-state index contributed by atoms with van der Waals surface area (Å²) in [6, 6.07) is 8.38. The van der Waals surface area contributed by atoms with Gasteiger partial charge in [-0.05, 0) is 30.5 Å². The van der Waals surface area contributed by atoms with Gasteiger partial charge in [0.1, 0.15) is 0 Å². The summed E-state index contributed by atoms with van der Waals surface area (Å²) in [6.45, 7) is -0.654. The van der Waals surface area contributed by atoms with E-state index in [9.17, 15) is 33.6 Å². The fraction of sp³-hybridized carbons (Fsp3) is 0.158. The van der Waals surface area contributed by atoms with Crippen LogP contribution in [0, 0.1) is 21.7 Å². The molecule has 0 fully saturated rings. The second-order valence-corrected chi connectivity index (χ2v) is 6.13. The van der Waals surface area contributed by atoms with Crippen molar-refractivity contribution in [1.29, 1.82) is 0 Å². The van der Waals surface area contributed by atoms with E-state index in [2.05, 4.69) is 0 Å². The molecule has 0 aliphatic carbocycles. The number of non-ortho nitro benzene ring substituents is 1. The van der Waals surface area contributed by atoms with Gasteiger partial charge in [-0.3, -0.25) is 14.9 Å². The minimum absolute atomic E-state index is 0. The van der Waals surface area contributed by atoms with Crippen molar-refractivity contribution in [2.45, 2.75) is 19.4 Å². The quantitative estimate of drug-likeness (QED) is 0.286. The second kappa shape index (κ2) is 9.25. The molecule has 0 aliphatic heterocycles. The van der Waals surface area contributed by atoms with E-state index < -0.39 is 34.5 Å². The molecule has 0 spiro atoms. The molecule has 3 rings (SSSR count). The Hall–Kier alpha value is -2.62. The van der Waals surface area contributed by atoms with Crippen LogP contribution >= 0.6 is 0 Å². The number of aryl methyl sites for hydroxylation is 2. The molecular weight excluding hydrogens is 397 g/mol. The summed E-state index contributed by atoms with van der Waals surface area (Å²) in [5.74, 6) is -3.50. The molecule has 0 unspecified atom stereocenters. The van der Waals surface area contributed by atoms with Crippen LogP contribution in [0.15, 0.2) is 47.3 Å². The van der Waals surface area contributed by atoms with E-state index >= 15 is 0 Å². The molecule has 0 radical (unpaired) electrons. The number of hydrogen-bond donors (Lipinski definition) is 0. The second-order valence-electron chi connectivity index (χ2n) is 6.13. The van der Waals surface area contributed by atoms with Crippen LogP contribution in [0.5, 0.6) is 0 Å². The number of carboxylic acid groups (broad SMARTS) is 1. The predicted molar refractivity (Wildman–Crippen MR) is 93.6 cm³/mol. The fourth-order valence-corrected chi connectivity index (χ4v) is 3.05. The Morgan fingerprint density at radius 1 is 1.10 bits per heavy atom. The van der Waals surface area contributed by atoms with Crippen LogP contribution < -0.4 is 40.1 Å². The smallest absolute Gasteiger partial charge is 0.548 e. The molecule has 1 heterocycles. The first-order valence-corrected chi connectivity index (χ1v) is 8.21. The van der Waals surface area contributed by atoms with Crippen LogP contribution in [0.4, 0.5) is 14.5 Å². The maximum Gasteiger partial charge on any atom is 1.00 e. The van der Waals surface area contributed by atoms with Crippen LogP contribution in [-0.4, -0.2) is 15.5 Å². The van der Waals surface area contributed by atoms with Crippen LogP contribution in [0.2, 0.25) is 0 Å². The number of fused-ring (bicyclic) bond motifs is 1. The molecule has 2 aromatic carbocycles. The minimum Gasteiger partial charge on any atom is -0.548 e. The van der Waals surface area contributed by atoms with Crippen LogP contribution in [-0.2, 0) is 24.2 Å². The monoisotopic (exact) mass is 410 g/mol. The maximum absolute atomic E-state index is 13.9. The van der Waals surface area contributed by atoms with Gasteiger partial charge in [0.05, 0.1) is 23.0 Å². The number of rotatable bonds is 6. The third-order valence-corrected chi connectivity index (χ3v) is 4.36. The first kappa shape index (κ1) is 22.7. The fourth-order valence-electron chi connectivity index (χ4n) is 3.05. The normalized spacial score (nSPS) is 10.6. The largest absolute Gasteiger partial charge is 1.00 e. The van der Waals surface area contributed by atoms with Crippen molar-refractivity contribution >= 4 is 22.6 Å². The van der Waals surface area contributed by atoms with Crippen molar-refractivity contribution in [2.75, 3.05) is 0 Å². The Morgan fingerprint density at radius 3 is 2.48 bits per heavy atom. The van der Waals surface area contributed by atoms with Gasteiger partial charge in [0.25, 0.3) is 5.69 Å². The summed E-state index contributed by atoms with van der Waals surface area (Å²) in [4.78, 5) is 33.9. The third-order valence-electron chi connectivity index (χ3n) is 4.36. The molecule has 3 aromatic rings. The SMILES string of the molecule is O=C([O-])Cn1c(CCc2cccc(F)c2F)cc(=O)c2ccc([N+](=O)[O-])cc21.[Na+]. The summed E-state index contributed by atoms with van der Waals surface area (Å²) in [7, 11) is 0. The Labute approximate surface area is 185 Å². The Morgan fingerprint density at radius 2 is 1.83 bits per heavy atom. The first-order chi connectivity index (χ1) is 13.3. The van der Waals surface area contributed by atoms with Crippen LogP contribution in [0.25, 0.3) is 10.9 Å². The Balaban J connectivity index is 0.00000300. The summed E-state index contributed by atoms with van der Waals surface area (Å²) >= 11 is 0. The van der Waals surface area contributed by atoms with Gasteiger partial charge >= 0.3 is 29.6 Å². The number of aromatic nitrogens is 1. The van der Waals surface area contributed by atoms with E-state index in [1.54, 1.807) is 0 Å². The summed E-state index contributed by atoms with van der Waals surface area (Å²) < 4.78 is 28.4. The van der Waals surface area contributed by atoms with Crippen LogP contribution in [0.1, 0.15) is 11.3 Å². The topological polar surface area (TPSA) is 105 Å². The molecule has 10 heteroatoms. The number of carboxylic acids is 1. The van der Waals surface area contributed by atoms with E-state index in [1.165, 1.54) is 28.8 Å². The molecule has 1 aromatic heterocycles. The average Bonchev–Trinajstić information content (AvgIpc) is 2.65. The molecule has 0 N–H and O–H groups in total. The maximum atomic E-state index is 13.9. The van der Waals surface area contributed by atoms with E-state index in [1.807, 2.05) is 0 Å². The summed E-state index contributed by atoms with van der Waals surface area (Å²) in [6.07, 6.45) is 0.0119. The third kappa shape index (κ3) is 4.87. The zero-order valence-electron chi connectivity index (χ0n) is 15.4. The van der Waals surface area contributed by atoms with Crippen molar-refractivity contribution in [3.05, 3.63) is 85.7 Å². The molecular formula is C19H13F2N2NaO5. The Bertz CT molecular complexity index is 1160. The Kier molecular flexibility index (Phi) is 7.23. The molecule has 0 saturated heterocycles. The summed E-state index contributed by atoms with van der Waals surface area (Å²) in [5, 5.41) is 22.3. The number of hydrogen-bond acceptors (Lipinski definition) is 5. The van der Waals surface area contributed by atoms with Gasteiger partial charge in [-0.25, -0.2) is 8.78 Å². The van der Waals surface area contributed by atoms with Crippen molar-refractivity contribution in [2.24, 2.45) is 0 Å². The minimum atomic E-state index is -1.46. The number of nitro benzene ring substituents is 1. The van der Waals surface area contributed by atoms with Gasteiger partial charge in [-0.1, -0.05) is 12.1 Å². The van der Waals surface area contributed by atoms with Crippen LogP contribution in [0.3, 0.4) is 0 Å². The number of nitrogens with zero attached hydrogens (tertiary/aromatic N) is 2. The number of carbonyl (C=O) groups excluding carboxylic acids is 1. The number of pyridine rings is 1. The molecule has 0 amide bonds. The summed E-state index contributed by atoms with van der Waals surface area (Å²) in [5.41, 5.74) is -0.445. The number of carbonyl (C=O) groups is 1. The molecule has 144 valence electrons. The molecule has 7 nitrogen and oxygen atoms in total. The number of benzene rings is 2. The van der Waals surface area contributed by atoms with Crippen molar-refractivity contribution < 1.29 is 53.2 Å². The zero-order valence-corrected chi connectivity index (χ0v) is 17.4. The van der Waals surface area contributed by atoms with E-state index in [0.717, 1.165) is 18.2 Å². The van der Waals surface area contributed by atoms with Gasteiger partial charge in [-0.2, -0.15) is 0 Å². The molecule has 29 heavy (non-hydrogen) atoms. The number of halogens is 2. The van der Waals surface area contributed by atoms with Crippen molar-refractivity contribution in [3.8, 4) is 0 Å². The molecule has 0 aliphatic rings. The molecule has 0 atom stereocenters. The van der Waals surface area contributed by atoms with E-state index in [-0.39, 0.29) is 70.2 Å². The van der Waals surface area contributed by atoms with Gasteiger partial charge in [0.2, 0.25) is 0 Å². The van der Waals surface area contributed by atoms with Crippen molar-refractivity contribution in [1.82, 2.24) is 4.57 Å². The van der Waals surface area contributed by atoms with E-state index in [0.29, 0.717) is 0 Å². The van der Waals surface area contributed by atoms with Gasteiger partial charge < -0.3 is 14.5 Å². The first-order valence-electron chi connectivity index (χ1n) is 8.21. The van der Waals surface area contributed by atoms with Crippen molar-refractivity contribution in [3.63, 3.8) is 0 Å².